The van der Waals surface area contributed by atoms with Crippen LogP contribution in [-0.4, -0.2) is 25.0 Å². The molecule has 1 aliphatic rings. The zero-order valence-corrected chi connectivity index (χ0v) is 12.4. The molecule has 1 heterocycles. The molecular weight excluding hydrogens is 260 g/mol. The lowest BCUT2D eigenvalue weighted by atomic mass is 10.0. The van der Waals surface area contributed by atoms with Crippen LogP contribution in [0.15, 0.2) is 24.3 Å². The Balaban J connectivity index is 0.00000180. The maximum Gasteiger partial charge on any atom is 0.251 e. The quantitative estimate of drug-likeness (QED) is 0.895. The van der Waals surface area contributed by atoms with Crippen LogP contribution in [0.2, 0.25) is 0 Å². The molecule has 0 aliphatic carbocycles. The molecule has 2 rings (SSSR count). The summed E-state index contributed by atoms with van der Waals surface area (Å²) >= 11 is 0. The molecule has 0 saturated carbocycles. The van der Waals surface area contributed by atoms with E-state index in [1.165, 1.54) is 5.56 Å². The van der Waals surface area contributed by atoms with Crippen molar-refractivity contribution in [3.8, 4) is 0 Å². The molecule has 1 aromatic carbocycles. The molecule has 4 heteroatoms. The second kappa shape index (κ2) is 7.51. The van der Waals surface area contributed by atoms with Gasteiger partial charge in [-0.2, -0.15) is 0 Å². The van der Waals surface area contributed by atoms with Gasteiger partial charge in [0.1, 0.15) is 0 Å². The van der Waals surface area contributed by atoms with Gasteiger partial charge in [0.25, 0.3) is 5.91 Å². The number of nitrogens with one attached hydrogen (secondary N) is 2. The summed E-state index contributed by atoms with van der Waals surface area (Å²) in [5, 5.41) is 6.40. The average Bonchev–Trinajstić information content (AvgIpc) is 2.40. The number of carbonyl (C=O) groups excluding carboxylic acids is 1. The highest BCUT2D eigenvalue weighted by Gasteiger charge is 2.16. The summed E-state index contributed by atoms with van der Waals surface area (Å²) in [7, 11) is 0. The fraction of sp³-hybridized carbons (Fsp3) is 0.533. The molecule has 2 N–H and O–H groups in total. The normalized spacial score (nSPS) is 15.9. The summed E-state index contributed by atoms with van der Waals surface area (Å²) in [6, 6.07) is 8.25. The molecule has 1 saturated heterocycles. The van der Waals surface area contributed by atoms with E-state index >= 15 is 0 Å². The second-order valence-electron chi connectivity index (χ2n) is 5.27. The van der Waals surface area contributed by atoms with Crippen molar-refractivity contribution in [2.45, 2.75) is 38.6 Å². The Morgan fingerprint density at radius 2 is 1.79 bits per heavy atom. The zero-order valence-electron chi connectivity index (χ0n) is 11.6. The van der Waals surface area contributed by atoms with Gasteiger partial charge in [0.05, 0.1) is 0 Å². The van der Waals surface area contributed by atoms with Crippen LogP contribution in [0.3, 0.4) is 0 Å². The third-order valence-corrected chi connectivity index (χ3v) is 3.51. The van der Waals surface area contributed by atoms with Gasteiger partial charge in [0, 0.05) is 11.6 Å². The number of hydrogen-bond donors (Lipinski definition) is 2. The Bertz CT molecular complexity index is 397. The Kier molecular flexibility index (Phi) is 6.32. The number of piperidine rings is 1. The molecule has 0 atom stereocenters. The van der Waals surface area contributed by atoms with Crippen LogP contribution in [0.1, 0.15) is 48.5 Å². The summed E-state index contributed by atoms with van der Waals surface area (Å²) in [6.07, 6.45) is 2.05. The maximum absolute atomic E-state index is 12.1. The minimum absolute atomic E-state index is 0. The molecule has 0 aromatic heterocycles. The zero-order chi connectivity index (χ0) is 13.0. The van der Waals surface area contributed by atoms with Gasteiger partial charge in [-0.15, -0.1) is 12.4 Å². The van der Waals surface area contributed by atoms with Crippen LogP contribution in [-0.2, 0) is 0 Å². The average molecular weight is 283 g/mol. The number of benzene rings is 1. The van der Waals surface area contributed by atoms with E-state index in [1.54, 1.807) is 0 Å². The minimum Gasteiger partial charge on any atom is -0.349 e. The summed E-state index contributed by atoms with van der Waals surface area (Å²) in [4.78, 5) is 12.1. The predicted molar refractivity (Wildman–Crippen MR) is 81.1 cm³/mol. The standard InChI is InChI=1S/C15H22N2O.ClH/c1-11(2)12-3-5-13(6-4-12)15(18)17-14-7-9-16-10-8-14;/h3-6,11,14,16H,7-10H2,1-2H3,(H,17,18);1H. The summed E-state index contributed by atoms with van der Waals surface area (Å²) in [5.74, 6) is 0.559. The lowest BCUT2D eigenvalue weighted by Gasteiger charge is -2.23. The Morgan fingerprint density at radius 1 is 1.21 bits per heavy atom. The number of amides is 1. The van der Waals surface area contributed by atoms with Crippen LogP contribution in [0.4, 0.5) is 0 Å². The van der Waals surface area contributed by atoms with E-state index in [-0.39, 0.29) is 18.3 Å². The maximum atomic E-state index is 12.1. The first kappa shape index (κ1) is 16.0. The summed E-state index contributed by atoms with van der Waals surface area (Å²) in [5.41, 5.74) is 2.03. The van der Waals surface area contributed by atoms with Gasteiger partial charge in [-0.3, -0.25) is 4.79 Å². The first-order chi connectivity index (χ1) is 8.66. The van der Waals surface area contributed by atoms with Crippen molar-refractivity contribution < 1.29 is 4.79 Å². The van der Waals surface area contributed by atoms with Crippen molar-refractivity contribution in [2.75, 3.05) is 13.1 Å². The molecule has 3 nitrogen and oxygen atoms in total. The van der Waals surface area contributed by atoms with E-state index in [4.69, 9.17) is 0 Å². The molecule has 0 radical (unpaired) electrons. The van der Waals surface area contributed by atoms with E-state index < -0.39 is 0 Å². The van der Waals surface area contributed by atoms with Crippen LogP contribution in [0.25, 0.3) is 0 Å². The van der Waals surface area contributed by atoms with Crippen molar-refractivity contribution in [2.24, 2.45) is 0 Å². The molecular formula is C15H23ClN2O. The van der Waals surface area contributed by atoms with Gasteiger partial charge in [-0.05, 0) is 49.5 Å². The van der Waals surface area contributed by atoms with Gasteiger partial charge in [0.15, 0.2) is 0 Å². The highest BCUT2D eigenvalue weighted by Crippen LogP contribution is 2.15. The van der Waals surface area contributed by atoms with Crippen LogP contribution in [0.5, 0.6) is 0 Å². The Morgan fingerprint density at radius 3 is 2.32 bits per heavy atom. The monoisotopic (exact) mass is 282 g/mol. The number of halogens is 1. The van der Waals surface area contributed by atoms with Gasteiger partial charge in [0.2, 0.25) is 0 Å². The Hall–Kier alpha value is -1.06. The highest BCUT2D eigenvalue weighted by atomic mass is 35.5. The fourth-order valence-electron chi connectivity index (χ4n) is 2.25. The van der Waals surface area contributed by atoms with E-state index in [9.17, 15) is 4.79 Å². The SMILES string of the molecule is CC(C)c1ccc(C(=O)NC2CCNCC2)cc1.Cl. The number of carbonyl (C=O) groups is 1. The second-order valence-corrected chi connectivity index (χ2v) is 5.27. The fourth-order valence-corrected chi connectivity index (χ4v) is 2.25. The first-order valence-corrected chi connectivity index (χ1v) is 6.78. The predicted octanol–water partition coefficient (Wildman–Crippen LogP) is 2.71. The number of rotatable bonds is 3. The van der Waals surface area contributed by atoms with Crippen LogP contribution in [0, 0.1) is 0 Å². The molecule has 19 heavy (non-hydrogen) atoms. The largest absolute Gasteiger partial charge is 0.349 e. The van der Waals surface area contributed by atoms with Crippen molar-refractivity contribution >= 4 is 18.3 Å². The summed E-state index contributed by atoms with van der Waals surface area (Å²) in [6.45, 7) is 6.31. The molecule has 0 bridgehead atoms. The molecule has 1 fully saturated rings. The molecule has 0 unspecified atom stereocenters. The minimum atomic E-state index is 0. The lowest BCUT2D eigenvalue weighted by molar-refractivity contribution is 0.0929. The first-order valence-electron chi connectivity index (χ1n) is 6.78. The third kappa shape index (κ3) is 4.51. The van der Waals surface area contributed by atoms with E-state index in [0.717, 1.165) is 31.5 Å². The molecule has 106 valence electrons. The summed E-state index contributed by atoms with van der Waals surface area (Å²) < 4.78 is 0. The van der Waals surface area contributed by atoms with Gasteiger partial charge in [-0.1, -0.05) is 26.0 Å². The molecule has 1 amide bonds. The topological polar surface area (TPSA) is 41.1 Å². The van der Waals surface area contributed by atoms with Crippen molar-refractivity contribution in [3.05, 3.63) is 35.4 Å². The van der Waals surface area contributed by atoms with Crippen molar-refractivity contribution in [1.29, 1.82) is 0 Å². The lowest BCUT2D eigenvalue weighted by Crippen LogP contribution is -2.42. The smallest absolute Gasteiger partial charge is 0.251 e. The van der Waals surface area contributed by atoms with E-state index in [1.807, 2.05) is 24.3 Å². The highest BCUT2D eigenvalue weighted by molar-refractivity contribution is 5.94. The van der Waals surface area contributed by atoms with Gasteiger partial charge in [-0.25, -0.2) is 0 Å². The number of hydrogen-bond acceptors (Lipinski definition) is 2. The van der Waals surface area contributed by atoms with Crippen molar-refractivity contribution in [3.63, 3.8) is 0 Å². The van der Waals surface area contributed by atoms with Crippen LogP contribution >= 0.6 is 12.4 Å². The van der Waals surface area contributed by atoms with Gasteiger partial charge >= 0.3 is 0 Å². The molecule has 1 aliphatic heterocycles. The van der Waals surface area contributed by atoms with Crippen LogP contribution < -0.4 is 10.6 Å². The van der Waals surface area contributed by atoms with Crippen molar-refractivity contribution in [1.82, 2.24) is 10.6 Å². The molecule has 0 spiro atoms. The van der Waals surface area contributed by atoms with Gasteiger partial charge < -0.3 is 10.6 Å². The van der Waals surface area contributed by atoms with E-state index in [2.05, 4.69) is 24.5 Å². The molecule has 1 aromatic rings. The third-order valence-electron chi connectivity index (χ3n) is 3.51. The Labute approximate surface area is 121 Å². The van der Waals surface area contributed by atoms with E-state index in [0.29, 0.717) is 12.0 Å².